The summed E-state index contributed by atoms with van der Waals surface area (Å²) >= 11 is 0. The zero-order valence-electron chi connectivity index (χ0n) is 13.0. The van der Waals surface area contributed by atoms with Gasteiger partial charge in [-0.3, -0.25) is 0 Å². The lowest BCUT2D eigenvalue weighted by Gasteiger charge is -2.23. The van der Waals surface area contributed by atoms with Crippen molar-refractivity contribution in [2.24, 2.45) is 5.92 Å². The first kappa shape index (κ1) is 15.0. The molecule has 1 N–H and O–H groups in total. The molecule has 0 spiro atoms. The molecule has 2 heterocycles. The second-order valence-corrected chi connectivity index (χ2v) is 6.17. The maximum atomic E-state index is 4.63. The van der Waals surface area contributed by atoms with Crippen molar-refractivity contribution in [1.29, 1.82) is 0 Å². The van der Waals surface area contributed by atoms with Crippen molar-refractivity contribution in [3.63, 3.8) is 0 Å². The van der Waals surface area contributed by atoms with Gasteiger partial charge >= 0.3 is 0 Å². The third-order valence-electron chi connectivity index (χ3n) is 3.33. The predicted molar refractivity (Wildman–Crippen MR) is 83.8 cm³/mol. The fourth-order valence-corrected chi connectivity index (χ4v) is 2.55. The van der Waals surface area contributed by atoms with Gasteiger partial charge in [0.25, 0.3) is 0 Å². The van der Waals surface area contributed by atoms with Gasteiger partial charge in [0.05, 0.1) is 5.69 Å². The molecule has 0 saturated heterocycles. The van der Waals surface area contributed by atoms with Crippen LogP contribution in [0.2, 0.25) is 0 Å². The smallest absolute Gasteiger partial charge is 0.137 e. The number of rotatable bonds is 7. The molecule has 1 unspecified atom stereocenters. The Hall–Kier alpha value is -1.39. The summed E-state index contributed by atoms with van der Waals surface area (Å²) in [6, 6.07) is 6.59. The van der Waals surface area contributed by atoms with Gasteiger partial charge in [-0.2, -0.15) is 0 Å². The average Bonchev–Trinajstić information content (AvgIpc) is 2.77. The molecule has 4 heteroatoms. The summed E-state index contributed by atoms with van der Waals surface area (Å²) < 4.78 is 2.07. The van der Waals surface area contributed by atoms with Crippen LogP contribution in [0.3, 0.4) is 0 Å². The lowest BCUT2D eigenvalue weighted by Crippen LogP contribution is -2.38. The van der Waals surface area contributed by atoms with Crippen LogP contribution in [0.4, 0.5) is 0 Å². The highest BCUT2D eigenvalue weighted by molar-refractivity contribution is 5.39. The van der Waals surface area contributed by atoms with Gasteiger partial charge in [-0.1, -0.05) is 19.9 Å². The normalized spacial score (nSPS) is 13.5. The second-order valence-electron chi connectivity index (χ2n) is 6.17. The summed E-state index contributed by atoms with van der Waals surface area (Å²) in [6.07, 6.45) is 5.33. The van der Waals surface area contributed by atoms with E-state index in [0.29, 0.717) is 12.0 Å². The van der Waals surface area contributed by atoms with E-state index in [1.807, 2.05) is 24.4 Å². The summed E-state index contributed by atoms with van der Waals surface area (Å²) in [5.41, 5.74) is 2.11. The monoisotopic (exact) mass is 274 g/mol. The van der Waals surface area contributed by atoms with Crippen LogP contribution in [0.1, 0.15) is 26.0 Å². The van der Waals surface area contributed by atoms with Crippen molar-refractivity contribution in [3.05, 3.63) is 36.3 Å². The molecule has 0 fully saturated rings. The first-order valence-corrected chi connectivity index (χ1v) is 7.35. The molecule has 0 aliphatic rings. The van der Waals surface area contributed by atoms with E-state index in [1.54, 1.807) is 0 Å². The van der Waals surface area contributed by atoms with Crippen molar-refractivity contribution >= 4 is 5.65 Å². The summed E-state index contributed by atoms with van der Waals surface area (Å²) in [6.45, 7) is 6.43. The highest BCUT2D eigenvalue weighted by Crippen LogP contribution is 2.08. The molecular formula is C16H26N4. The Morgan fingerprint density at radius 1 is 1.30 bits per heavy atom. The first-order valence-electron chi connectivity index (χ1n) is 7.35. The molecule has 2 aromatic heterocycles. The van der Waals surface area contributed by atoms with Gasteiger partial charge < -0.3 is 14.6 Å². The number of aromatic nitrogens is 2. The average molecular weight is 274 g/mol. The minimum Gasteiger partial charge on any atom is -0.308 e. The Morgan fingerprint density at radius 3 is 2.75 bits per heavy atom. The van der Waals surface area contributed by atoms with Crippen LogP contribution in [0.25, 0.3) is 5.65 Å². The molecular weight excluding hydrogens is 248 g/mol. The van der Waals surface area contributed by atoms with Crippen LogP contribution in [-0.4, -0.2) is 41.0 Å². The van der Waals surface area contributed by atoms with Crippen LogP contribution in [-0.2, 0) is 6.54 Å². The predicted octanol–water partition coefficient (Wildman–Crippen LogP) is 2.40. The van der Waals surface area contributed by atoms with Crippen molar-refractivity contribution in [1.82, 2.24) is 19.6 Å². The molecule has 1 atom stereocenters. The van der Waals surface area contributed by atoms with E-state index in [-0.39, 0.29) is 0 Å². The lowest BCUT2D eigenvalue weighted by molar-refractivity contribution is 0.304. The number of nitrogens with one attached hydrogen (secondary N) is 1. The number of nitrogens with zero attached hydrogens (tertiary/aromatic N) is 3. The zero-order chi connectivity index (χ0) is 14.5. The zero-order valence-corrected chi connectivity index (χ0v) is 13.0. The maximum Gasteiger partial charge on any atom is 0.137 e. The SMILES string of the molecule is CC(C)CC(CN(C)C)NCc1cn2ccccc2n1. The number of pyridine rings is 1. The van der Waals surface area contributed by atoms with Gasteiger partial charge in [0.15, 0.2) is 0 Å². The molecule has 0 aromatic carbocycles. The van der Waals surface area contributed by atoms with Crippen molar-refractivity contribution < 1.29 is 0 Å². The van der Waals surface area contributed by atoms with E-state index < -0.39 is 0 Å². The Balaban J connectivity index is 1.97. The summed E-state index contributed by atoms with van der Waals surface area (Å²) in [5.74, 6) is 0.702. The lowest BCUT2D eigenvalue weighted by atomic mass is 10.0. The molecule has 4 nitrogen and oxygen atoms in total. The van der Waals surface area contributed by atoms with E-state index in [2.05, 4.69) is 53.7 Å². The van der Waals surface area contributed by atoms with Crippen molar-refractivity contribution in [2.45, 2.75) is 32.9 Å². The van der Waals surface area contributed by atoms with Crippen LogP contribution in [0, 0.1) is 5.92 Å². The molecule has 20 heavy (non-hydrogen) atoms. The molecule has 2 aromatic rings. The minimum absolute atomic E-state index is 0.509. The fourth-order valence-electron chi connectivity index (χ4n) is 2.55. The van der Waals surface area contributed by atoms with Gasteiger partial charge in [0.1, 0.15) is 5.65 Å². The van der Waals surface area contributed by atoms with E-state index in [4.69, 9.17) is 0 Å². The number of imidazole rings is 1. The van der Waals surface area contributed by atoms with E-state index in [0.717, 1.165) is 24.4 Å². The van der Waals surface area contributed by atoms with E-state index in [9.17, 15) is 0 Å². The highest BCUT2D eigenvalue weighted by Gasteiger charge is 2.12. The van der Waals surface area contributed by atoms with Crippen molar-refractivity contribution in [2.75, 3.05) is 20.6 Å². The molecule has 0 amide bonds. The Kier molecular flexibility index (Phi) is 5.15. The molecule has 0 radical (unpaired) electrons. The third-order valence-corrected chi connectivity index (χ3v) is 3.33. The fraction of sp³-hybridized carbons (Fsp3) is 0.562. The topological polar surface area (TPSA) is 32.6 Å². The molecule has 0 bridgehead atoms. The summed E-state index contributed by atoms with van der Waals surface area (Å²) in [4.78, 5) is 6.87. The summed E-state index contributed by atoms with van der Waals surface area (Å²) in [5, 5.41) is 3.64. The Labute approximate surface area is 121 Å². The molecule has 0 aliphatic carbocycles. The van der Waals surface area contributed by atoms with Crippen LogP contribution < -0.4 is 5.32 Å². The van der Waals surface area contributed by atoms with Gasteiger partial charge in [0, 0.05) is 31.5 Å². The van der Waals surface area contributed by atoms with Crippen LogP contribution in [0.5, 0.6) is 0 Å². The second kappa shape index (κ2) is 6.86. The number of hydrogen-bond acceptors (Lipinski definition) is 3. The van der Waals surface area contributed by atoms with Gasteiger partial charge in [-0.25, -0.2) is 4.98 Å². The Morgan fingerprint density at radius 2 is 2.10 bits per heavy atom. The molecule has 110 valence electrons. The molecule has 0 aliphatic heterocycles. The van der Waals surface area contributed by atoms with E-state index in [1.165, 1.54) is 6.42 Å². The third kappa shape index (κ3) is 4.32. The number of fused-ring (bicyclic) bond motifs is 1. The quantitative estimate of drug-likeness (QED) is 0.841. The van der Waals surface area contributed by atoms with Crippen molar-refractivity contribution in [3.8, 4) is 0 Å². The number of likely N-dealkylation sites (N-methyl/N-ethyl adjacent to an activating group) is 1. The van der Waals surface area contributed by atoms with Gasteiger partial charge in [-0.15, -0.1) is 0 Å². The summed E-state index contributed by atoms with van der Waals surface area (Å²) in [7, 11) is 4.25. The number of hydrogen-bond donors (Lipinski definition) is 1. The maximum absolute atomic E-state index is 4.63. The van der Waals surface area contributed by atoms with E-state index >= 15 is 0 Å². The van der Waals surface area contributed by atoms with Gasteiger partial charge in [0.2, 0.25) is 0 Å². The molecule has 0 saturated carbocycles. The minimum atomic E-state index is 0.509. The molecule has 2 rings (SSSR count). The largest absolute Gasteiger partial charge is 0.308 e. The first-order chi connectivity index (χ1) is 9.54. The Bertz CT molecular complexity index is 487. The van der Waals surface area contributed by atoms with Crippen LogP contribution in [0.15, 0.2) is 30.6 Å². The van der Waals surface area contributed by atoms with Crippen LogP contribution >= 0.6 is 0 Å². The standard InChI is InChI=1S/C16H26N4/c1-13(2)9-14(11-19(3)4)17-10-15-12-20-8-6-5-7-16(20)18-15/h5-8,12-14,17H,9-11H2,1-4H3. The highest BCUT2D eigenvalue weighted by atomic mass is 15.1. The van der Waals surface area contributed by atoms with Gasteiger partial charge in [-0.05, 0) is 38.6 Å².